The van der Waals surface area contributed by atoms with E-state index in [0.717, 1.165) is 10.5 Å². The highest BCUT2D eigenvalue weighted by Gasteiger charge is 2.49. The number of nitrogens with one attached hydrogen (secondary N) is 1. The second-order valence-corrected chi connectivity index (χ2v) is 8.40. The first kappa shape index (κ1) is 27.1. The molecule has 11 nitrogen and oxygen atoms in total. The molecule has 2 aromatic carbocycles. The average Bonchev–Trinajstić information content (AvgIpc) is 3.42. The number of imidazole rings is 1. The molecule has 0 spiro atoms. The molecule has 0 aliphatic carbocycles. The molecule has 4 N–H and O–H groups in total. The molecule has 0 fully saturated rings. The van der Waals surface area contributed by atoms with Crippen molar-refractivity contribution >= 4 is 35.0 Å². The van der Waals surface area contributed by atoms with Crippen LogP contribution in [0.25, 0.3) is 11.0 Å². The summed E-state index contributed by atoms with van der Waals surface area (Å²) in [6, 6.07) is 15.6. The Bertz CT molecular complexity index is 1560. The summed E-state index contributed by atoms with van der Waals surface area (Å²) < 4.78 is 31.7. The maximum absolute atomic E-state index is 13.3. The topological polar surface area (TPSA) is 160 Å². The Morgan fingerprint density at radius 1 is 1.08 bits per heavy atom. The molecule has 1 unspecified atom stereocenters. The molecule has 39 heavy (non-hydrogen) atoms. The fraction of sp³-hybridized carbons (Fsp3) is 0.160. The highest BCUT2D eigenvalue weighted by Crippen LogP contribution is 2.43. The number of benzene rings is 2. The van der Waals surface area contributed by atoms with Gasteiger partial charge in [0.2, 0.25) is 5.95 Å². The zero-order chi connectivity index (χ0) is 28.5. The van der Waals surface area contributed by atoms with Gasteiger partial charge in [-0.25, -0.2) is 14.6 Å². The number of pyridine rings is 1. The monoisotopic (exact) mass is 543 g/mol. The molecule has 1 aliphatic heterocycles. The largest absolute Gasteiger partial charge is 0.490 e. The molecule has 3 heterocycles. The predicted octanol–water partition coefficient (Wildman–Crippen LogP) is 3.55. The number of carbonyl (C=O) groups is 3. The second-order valence-electron chi connectivity index (χ2n) is 8.40. The van der Waals surface area contributed by atoms with Crippen LogP contribution in [0.15, 0.2) is 67.0 Å². The summed E-state index contributed by atoms with van der Waals surface area (Å²) in [5.41, 5.74) is 1.58. The number of nitrogens with zero attached hydrogens (tertiary/aromatic N) is 4. The number of amides is 2. The highest BCUT2D eigenvalue weighted by molar-refractivity contribution is 6.00. The molecule has 0 bridgehead atoms. The van der Waals surface area contributed by atoms with Gasteiger partial charge in [-0.3, -0.25) is 19.6 Å². The molecule has 5 rings (SSSR count). The lowest BCUT2D eigenvalue weighted by Gasteiger charge is -2.35. The summed E-state index contributed by atoms with van der Waals surface area (Å²) in [5.74, 6) is -2.88. The zero-order valence-electron chi connectivity index (χ0n) is 20.0. The third kappa shape index (κ3) is 5.09. The van der Waals surface area contributed by atoms with Crippen LogP contribution < -0.4 is 4.90 Å². The zero-order valence-corrected chi connectivity index (χ0v) is 20.0. The number of halogens is 3. The Labute approximate surface area is 217 Å². The molecule has 0 radical (unpaired) electrons. The Morgan fingerprint density at radius 3 is 2.33 bits per heavy atom. The summed E-state index contributed by atoms with van der Waals surface area (Å²) in [7, 11) is 1.39. The number of alkyl halides is 3. The van der Waals surface area contributed by atoms with Crippen LogP contribution in [-0.4, -0.2) is 66.4 Å². The van der Waals surface area contributed by atoms with Crippen molar-refractivity contribution < 1.29 is 42.9 Å². The van der Waals surface area contributed by atoms with Gasteiger partial charge in [0.05, 0.1) is 11.0 Å². The van der Waals surface area contributed by atoms with Crippen molar-refractivity contribution in [2.24, 2.45) is 0 Å². The number of aliphatic carboxylic acids is 1. The van der Waals surface area contributed by atoms with E-state index in [1.54, 1.807) is 67.0 Å². The molecule has 0 saturated heterocycles. The van der Waals surface area contributed by atoms with Crippen molar-refractivity contribution in [2.45, 2.75) is 18.4 Å². The Morgan fingerprint density at radius 2 is 1.72 bits per heavy atom. The average molecular weight is 543 g/mol. The number of carbonyl (C=O) groups excluding carboxylic acids is 1. The van der Waals surface area contributed by atoms with Gasteiger partial charge in [-0.05, 0) is 35.9 Å². The van der Waals surface area contributed by atoms with Crippen LogP contribution in [-0.2, 0) is 17.1 Å². The summed E-state index contributed by atoms with van der Waals surface area (Å²) in [5, 5.41) is 28.4. The van der Waals surface area contributed by atoms with Gasteiger partial charge in [-0.2, -0.15) is 13.2 Å². The van der Waals surface area contributed by atoms with Crippen LogP contribution in [0.4, 0.5) is 23.9 Å². The van der Waals surface area contributed by atoms with Crippen molar-refractivity contribution in [3.05, 3.63) is 89.2 Å². The van der Waals surface area contributed by atoms with Crippen LogP contribution in [0, 0.1) is 0 Å². The standard InChI is InChI=1S/C23H19N5O4.C2HF3O2/c1-27(22(30)31)21-25-18-7-6-15(12-19(18)26-21)23(32)17-5-3-2-4-16(17)20(29)28(23)13-14-8-10-24-11-9-14;3-2(4,5)1(6)7/h2-12,32H,13H2,1H3,(H,25,26)(H,30,31);(H,6,7). The van der Waals surface area contributed by atoms with E-state index in [9.17, 15) is 33.0 Å². The van der Waals surface area contributed by atoms with Gasteiger partial charge < -0.3 is 20.3 Å². The molecule has 202 valence electrons. The lowest BCUT2D eigenvalue weighted by atomic mass is 9.93. The number of hydrogen-bond acceptors (Lipinski definition) is 6. The maximum atomic E-state index is 13.3. The van der Waals surface area contributed by atoms with E-state index in [1.165, 1.54) is 11.9 Å². The second kappa shape index (κ2) is 10.1. The minimum atomic E-state index is -5.08. The first-order valence-corrected chi connectivity index (χ1v) is 11.1. The summed E-state index contributed by atoms with van der Waals surface area (Å²) in [4.78, 5) is 47.1. The van der Waals surface area contributed by atoms with E-state index in [2.05, 4.69) is 15.0 Å². The number of fused-ring (bicyclic) bond motifs is 2. The molecule has 1 atom stereocenters. The van der Waals surface area contributed by atoms with Gasteiger partial charge in [-0.1, -0.05) is 24.3 Å². The van der Waals surface area contributed by atoms with Crippen molar-refractivity contribution in [3.63, 3.8) is 0 Å². The molecular weight excluding hydrogens is 523 g/mol. The maximum Gasteiger partial charge on any atom is 0.490 e. The third-order valence-corrected chi connectivity index (χ3v) is 5.98. The number of aromatic nitrogens is 3. The normalized spacial score (nSPS) is 16.4. The number of hydrogen-bond donors (Lipinski definition) is 4. The summed E-state index contributed by atoms with van der Waals surface area (Å²) in [6.45, 7) is 0.181. The molecule has 0 saturated carbocycles. The lowest BCUT2D eigenvalue weighted by Crippen LogP contribution is -2.44. The Hall–Kier alpha value is -4.98. The fourth-order valence-electron chi connectivity index (χ4n) is 4.04. The van der Waals surface area contributed by atoms with Crippen LogP contribution in [0.3, 0.4) is 0 Å². The van der Waals surface area contributed by atoms with E-state index in [0.29, 0.717) is 27.7 Å². The molecule has 2 amide bonds. The number of carboxylic acid groups (broad SMARTS) is 2. The number of aliphatic hydroxyl groups is 1. The molecule has 14 heteroatoms. The minimum Gasteiger partial charge on any atom is -0.475 e. The molecule has 1 aliphatic rings. The smallest absolute Gasteiger partial charge is 0.475 e. The van der Waals surface area contributed by atoms with Crippen LogP contribution in [0.5, 0.6) is 0 Å². The van der Waals surface area contributed by atoms with Crippen molar-refractivity contribution in [1.29, 1.82) is 0 Å². The van der Waals surface area contributed by atoms with Crippen LogP contribution in [0.1, 0.15) is 27.0 Å². The van der Waals surface area contributed by atoms with Crippen LogP contribution >= 0.6 is 0 Å². The van der Waals surface area contributed by atoms with Crippen molar-refractivity contribution in [3.8, 4) is 0 Å². The van der Waals surface area contributed by atoms with E-state index >= 15 is 0 Å². The van der Waals surface area contributed by atoms with Gasteiger partial charge in [0.15, 0.2) is 5.72 Å². The van der Waals surface area contributed by atoms with Gasteiger partial charge in [0, 0.05) is 42.7 Å². The van der Waals surface area contributed by atoms with Gasteiger partial charge in [0.1, 0.15) is 0 Å². The Balaban J connectivity index is 0.000000448. The lowest BCUT2D eigenvalue weighted by molar-refractivity contribution is -0.192. The first-order valence-electron chi connectivity index (χ1n) is 11.1. The summed E-state index contributed by atoms with van der Waals surface area (Å²) in [6.07, 6.45) is -2.96. The number of rotatable bonds is 4. The first-order chi connectivity index (χ1) is 18.3. The minimum absolute atomic E-state index is 0.160. The number of aromatic amines is 1. The third-order valence-electron chi connectivity index (χ3n) is 5.98. The molecule has 2 aromatic heterocycles. The van der Waals surface area contributed by atoms with Gasteiger partial charge in [-0.15, -0.1) is 0 Å². The number of H-pyrrole nitrogens is 1. The quantitative estimate of drug-likeness (QED) is 0.304. The SMILES string of the molecule is CN(C(=O)O)c1nc2ccc(C3(O)c4ccccc4C(=O)N3Cc3ccncc3)cc2[nH]1.O=C(O)C(F)(F)F. The Kier molecular flexibility index (Phi) is 6.98. The van der Waals surface area contributed by atoms with Gasteiger partial charge >= 0.3 is 18.2 Å². The van der Waals surface area contributed by atoms with E-state index in [-0.39, 0.29) is 18.4 Å². The summed E-state index contributed by atoms with van der Waals surface area (Å²) >= 11 is 0. The number of carboxylic acids is 1. The van der Waals surface area contributed by atoms with Crippen molar-refractivity contribution in [1.82, 2.24) is 19.9 Å². The molecular formula is C25H20F3N5O6. The van der Waals surface area contributed by atoms with E-state index in [4.69, 9.17) is 9.90 Å². The van der Waals surface area contributed by atoms with E-state index in [1.807, 2.05) is 0 Å². The van der Waals surface area contributed by atoms with Crippen molar-refractivity contribution in [2.75, 3.05) is 11.9 Å². The number of anilines is 1. The predicted molar refractivity (Wildman–Crippen MR) is 130 cm³/mol. The highest BCUT2D eigenvalue weighted by atomic mass is 19.4. The fourth-order valence-corrected chi connectivity index (χ4v) is 4.04. The molecule has 4 aromatic rings. The van der Waals surface area contributed by atoms with Gasteiger partial charge in [0.25, 0.3) is 5.91 Å². The van der Waals surface area contributed by atoms with Crippen LogP contribution in [0.2, 0.25) is 0 Å². The van der Waals surface area contributed by atoms with E-state index < -0.39 is 24.0 Å².